The molecule has 2 heterocycles. The lowest BCUT2D eigenvalue weighted by Crippen LogP contribution is -2.44. The summed E-state index contributed by atoms with van der Waals surface area (Å²) in [7, 11) is -0.133. The van der Waals surface area contributed by atoms with Gasteiger partial charge in [0.1, 0.15) is 5.75 Å². The molecule has 0 saturated carbocycles. The molecule has 1 saturated heterocycles. The first-order chi connectivity index (χ1) is 15.8. The zero-order valence-electron chi connectivity index (χ0n) is 18.9. The number of anilines is 1. The van der Waals surface area contributed by atoms with Crippen LogP contribution in [0.3, 0.4) is 0 Å². The minimum atomic E-state index is -3.88. The number of benzene rings is 3. The van der Waals surface area contributed by atoms with Crippen molar-refractivity contribution >= 4 is 53.3 Å². The van der Waals surface area contributed by atoms with Gasteiger partial charge in [-0.25, -0.2) is 12.4 Å². The van der Waals surface area contributed by atoms with Crippen molar-refractivity contribution in [2.45, 2.75) is 11.8 Å². The van der Waals surface area contributed by atoms with E-state index < -0.39 is 10.0 Å². The Labute approximate surface area is 202 Å². The highest BCUT2D eigenvalue weighted by molar-refractivity contribution is 9.10. The van der Waals surface area contributed by atoms with Crippen LogP contribution in [0.2, 0.25) is 0 Å². The average molecular weight is 528 g/mol. The Morgan fingerprint density at radius 1 is 0.939 bits per heavy atom. The second-order valence-corrected chi connectivity index (χ2v) is 11.2. The van der Waals surface area contributed by atoms with Crippen LogP contribution >= 0.6 is 15.9 Å². The number of rotatable bonds is 4. The molecule has 0 amide bonds. The molecule has 5 rings (SSSR count). The summed E-state index contributed by atoms with van der Waals surface area (Å²) < 4.78 is 36.4. The van der Waals surface area contributed by atoms with Gasteiger partial charge in [0, 0.05) is 53.0 Å². The number of hydrogen-bond donors (Lipinski definition) is 0. The van der Waals surface area contributed by atoms with E-state index in [0.29, 0.717) is 16.7 Å². The Balaban J connectivity index is 1.79. The summed E-state index contributed by atoms with van der Waals surface area (Å²) in [5.74, 6) is 0.713. The van der Waals surface area contributed by atoms with Gasteiger partial charge in [0.15, 0.2) is 0 Å². The monoisotopic (exact) mass is 527 g/mol. The third kappa shape index (κ3) is 3.70. The number of piperazine rings is 1. The molecule has 1 aromatic heterocycles. The summed E-state index contributed by atoms with van der Waals surface area (Å²) in [5, 5.41) is 2.37. The van der Waals surface area contributed by atoms with Crippen LogP contribution in [0.5, 0.6) is 5.75 Å². The molecule has 0 aliphatic carbocycles. The van der Waals surface area contributed by atoms with Crippen LogP contribution in [0.4, 0.5) is 5.69 Å². The fourth-order valence-electron chi connectivity index (χ4n) is 4.65. The second kappa shape index (κ2) is 8.34. The van der Waals surface area contributed by atoms with E-state index in [1.54, 1.807) is 19.4 Å². The highest BCUT2D eigenvalue weighted by Crippen LogP contribution is 2.41. The van der Waals surface area contributed by atoms with Crippen molar-refractivity contribution in [3.8, 4) is 5.75 Å². The number of likely N-dealkylation sites (N-methyl/N-ethyl adjacent to an activating group) is 1. The van der Waals surface area contributed by atoms with Crippen molar-refractivity contribution < 1.29 is 13.2 Å². The highest BCUT2D eigenvalue weighted by Gasteiger charge is 2.28. The summed E-state index contributed by atoms with van der Waals surface area (Å²) in [6.45, 7) is 5.37. The Hall–Kier alpha value is -2.55. The van der Waals surface area contributed by atoms with Crippen molar-refractivity contribution in [2.75, 3.05) is 45.2 Å². The lowest BCUT2D eigenvalue weighted by molar-refractivity contribution is 0.311. The maximum atomic E-state index is 14.2. The Bertz CT molecular complexity index is 1470. The first-order valence-electron chi connectivity index (χ1n) is 10.9. The van der Waals surface area contributed by atoms with Gasteiger partial charge in [-0.1, -0.05) is 46.3 Å². The fraction of sp³-hybridized carbons (Fsp3) is 0.280. The quantitative estimate of drug-likeness (QED) is 0.379. The smallest absolute Gasteiger partial charge is 0.268 e. The van der Waals surface area contributed by atoms with Gasteiger partial charge >= 0.3 is 0 Å². The zero-order valence-corrected chi connectivity index (χ0v) is 21.3. The summed E-state index contributed by atoms with van der Waals surface area (Å²) in [6.07, 6.45) is 1.71. The molecule has 172 valence electrons. The van der Waals surface area contributed by atoms with E-state index >= 15 is 0 Å². The predicted molar refractivity (Wildman–Crippen MR) is 137 cm³/mol. The van der Waals surface area contributed by atoms with Crippen molar-refractivity contribution in [3.63, 3.8) is 0 Å². The number of aromatic nitrogens is 1. The van der Waals surface area contributed by atoms with Crippen LogP contribution in [0, 0.1) is 6.92 Å². The van der Waals surface area contributed by atoms with E-state index in [1.165, 1.54) is 3.97 Å². The lowest BCUT2D eigenvalue weighted by atomic mass is 10.1. The van der Waals surface area contributed by atoms with Gasteiger partial charge in [0.25, 0.3) is 10.0 Å². The third-order valence-electron chi connectivity index (χ3n) is 6.46. The first kappa shape index (κ1) is 22.3. The maximum absolute atomic E-state index is 14.2. The van der Waals surface area contributed by atoms with Gasteiger partial charge in [0.2, 0.25) is 0 Å². The molecule has 0 unspecified atom stereocenters. The maximum Gasteiger partial charge on any atom is 0.268 e. The second-order valence-electron chi connectivity index (χ2n) is 8.54. The molecule has 1 fully saturated rings. The normalized spacial score (nSPS) is 15.5. The van der Waals surface area contributed by atoms with Gasteiger partial charge in [-0.15, -0.1) is 0 Å². The van der Waals surface area contributed by atoms with Crippen molar-refractivity contribution in [1.29, 1.82) is 0 Å². The number of aryl methyl sites for hydroxylation is 1. The number of halogens is 1. The summed E-state index contributed by atoms with van der Waals surface area (Å²) >= 11 is 3.49. The molecule has 4 aromatic rings. The lowest BCUT2D eigenvalue weighted by Gasteiger charge is -2.35. The molecule has 0 bridgehead atoms. The van der Waals surface area contributed by atoms with Gasteiger partial charge < -0.3 is 14.5 Å². The van der Waals surface area contributed by atoms with Crippen molar-refractivity contribution in [3.05, 3.63) is 64.8 Å². The Kier molecular flexibility index (Phi) is 5.63. The standard InChI is InChI=1S/C25H26BrN3O3S/c1-17-16-29(22-14-18(26)8-9-19(17)22)33(30,31)24-15-23(28-12-10-27(2)11-13-28)25(32-3)21-7-5-4-6-20(21)24/h4-9,14-16H,10-13H2,1-3H3. The molecule has 8 heteroatoms. The third-order valence-corrected chi connectivity index (χ3v) is 8.66. The minimum absolute atomic E-state index is 0.282. The summed E-state index contributed by atoms with van der Waals surface area (Å²) in [6, 6.07) is 15.1. The molecule has 0 radical (unpaired) electrons. The molecule has 0 atom stereocenters. The molecule has 1 aliphatic heterocycles. The van der Waals surface area contributed by atoms with Crippen molar-refractivity contribution in [2.24, 2.45) is 0 Å². The molecular weight excluding hydrogens is 502 g/mol. The van der Waals surface area contributed by atoms with Gasteiger partial charge in [-0.2, -0.15) is 0 Å². The van der Waals surface area contributed by atoms with E-state index in [2.05, 4.69) is 32.8 Å². The summed E-state index contributed by atoms with van der Waals surface area (Å²) in [4.78, 5) is 4.78. The van der Waals surface area contributed by atoms with Crippen LogP contribution in [-0.4, -0.2) is 57.6 Å². The Morgan fingerprint density at radius 2 is 1.64 bits per heavy atom. The number of nitrogens with zero attached hydrogens (tertiary/aromatic N) is 3. The van der Waals surface area contributed by atoms with E-state index in [4.69, 9.17) is 4.74 Å². The van der Waals surface area contributed by atoms with Crippen LogP contribution < -0.4 is 9.64 Å². The van der Waals surface area contributed by atoms with Crippen molar-refractivity contribution in [1.82, 2.24) is 8.87 Å². The van der Waals surface area contributed by atoms with E-state index in [0.717, 1.165) is 52.7 Å². The zero-order chi connectivity index (χ0) is 23.3. The van der Waals surface area contributed by atoms with Crippen LogP contribution in [0.15, 0.2) is 64.1 Å². The van der Waals surface area contributed by atoms with Gasteiger partial charge in [-0.3, -0.25) is 0 Å². The number of methoxy groups -OCH3 is 1. The SMILES string of the molecule is COc1c(N2CCN(C)CC2)cc(S(=O)(=O)n2cc(C)c3ccc(Br)cc32)c2ccccc12. The van der Waals surface area contributed by atoms with Crippen LogP contribution in [0.1, 0.15) is 5.56 Å². The fourth-order valence-corrected chi connectivity index (χ4v) is 6.64. The number of hydrogen-bond acceptors (Lipinski definition) is 5. The topological polar surface area (TPSA) is 54.8 Å². The molecule has 0 spiro atoms. The van der Waals surface area contributed by atoms with Crippen LogP contribution in [0.25, 0.3) is 21.7 Å². The Morgan fingerprint density at radius 3 is 2.33 bits per heavy atom. The average Bonchev–Trinajstić information content (AvgIpc) is 3.14. The number of ether oxygens (including phenoxy) is 1. The highest BCUT2D eigenvalue weighted by atomic mass is 79.9. The molecule has 6 nitrogen and oxygen atoms in total. The predicted octanol–water partition coefficient (Wildman–Crippen LogP) is 4.86. The number of fused-ring (bicyclic) bond motifs is 2. The molecular formula is C25H26BrN3O3S. The van der Waals surface area contributed by atoms with E-state index in [9.17, 15) is 8.42 Å². The minimum Gasteiger partial charge on any atom is -0.494 e. The molecule has 33 heavy (non-hydrogen) atoms. The van der Waals surface area contributed by atoms with Gasteiger partial charge in [-0.05, 0) is 37.7 Å². The van der Waals surface area contributed by atoms with Gasteiger partial charge in [0.05, 0.1) is 23.2 Å². The molecule has 0 N–H and O–H groups in total. The summed E-state index contributed by atoms with van der Waals surface area (Å²) in [5.41, 5.74) is 2.39. The largest absolute Gasteiger partial charge is 0.494 e. The molecule has 1 aliphatic rings. The first-order valence-corrected chi connectivity index (χ1v) is 13.1. The van der Waals surface area contributed by atoms with Crippen LogP contribution in [-0.2, 0) is 10.0 Å². The molecule has 3 aromatic carbocycles. The van der Waals surface area contributed by atoms with E-state index in [1.807, 2.05) is 49.4 Å². The van der Waals surface area contributed by atoms with E-state index in [-0.39, 0.29) is 4.90 Å².